The summed E-state index contributed by atoms with van der Waals surface area (Å²) in [5, 5.41) is 15.6. The number of hydrogen-bond donors (Lipinski definition) is 1. The molecule has 0 aliphatic carbocycles. The fourth-order valence-electron chi connectivity index (χ4n) is 1.75. The summed E-state index contributed by atoms with van der Waals surface area (Å²) >= 11 is 1.38. The molecule has 21 heavy (non-hydrogen) atoms. The number of carbonyl (C=O) groups is 1. The minimum absolute atomic E-state index is 0.247. The maximum absolute atomic E-state index is 11.6. The number of hydrogen-bond acceptors (Lipinski definition) is 6. The van der Waals surface area contributed by atoms with Crippen LogP contribution in [0.15, 0.2) is 30.3 Å². The SMILES string of the molecule is Cc1nnc2sc(CNC(=O)OCc3ccccc3)nn12. The molecule has 0 saturated heterocycles. The molecule has 3 rings (SSSR count). The Labute approximate surface area is 124 Å². The van der Waals surface area contributed by atoms with Crippen LogP contribution in [0.1, 0.15) is 16.4 Å². The van der Waals surface area contributed by atoms with Crippen LogP contribution in [-0.4, -0.2) is 25.9 Å². The fraction of sp³-hybridized carbons (Fsp3) is 0.231. The van der Waals surface area contributed by atoms with Crippen molar-refractivity contribution in [3.05, 3.63) is 46.7 Å². The molecule has 7 nitrogen and oxygen atoms in total. The molecule has 0 fully saturated rings. The van der Waals surface area contributed by atoms with E-state index in [1.807, 2.05) is 37.3 Å². The minimum Gasteiger partial charge on any atom is -0.445 e. The largest absolute Gasteiger partial charge is 0.445 e. The first kappa shape index (κ1) is 13.5. The standard InChI is InChI=1S/C13H13N5O2S/c1-9-15-16-12-18(9)17-11(21-12)7-14-13(19)20-8-10-5-3-2-4-6-10/h2-6H,7-8H2,1H3,(H,14,19). The molecule has 1 amide bonds. The second-order valence-electron chi connectivity index (χ2n) is 4.35. The molecular formula is C13H13N5O2S. The van der Waals surface area contributed by atoms with Gasteiger partial charge in [0.1, 0.15) is 11.6 Å². The Bertz CT molecular complexity index is 752. The van der Waals surface area contributed by atoms with Gasteiger partial charge in [-0.2, -0.15) is 9.61 Å². The zero-order chi connectivity index (χ0) is 14.7. The van der Waals surface area contributed by atoms with Gasteiger partial charge in [0, 0.05) is 0 Å². The fourth-order valence-corrected chi connectivity index (χ4v) is 2.57. The van der Waals surface area contributed by atoms with Crippen molar-refractivity contribution in [3.8, 4) is 0 Å². The molecule has 8 heteroatoms. The van der Waals surface area contributed by atoms with E-state index in [-0.39, 0.29) is 6.61 Å². The summed E-state index contributed by atoms with van der Waals surface area (Å²) in [6.07, 6.45) is -0.471. The monoisotopic (exact) mass is 303 g/mol. The lowest BCUT2D eigenvalue weighted by Gasteiger charge is -2.05. The molecule has 0 aliphatic rings. The van der Waals surface area contributed by atoms with Gasteiger partial charge in [-0.1, -0.05) is 41.7 Å². The number of carbonyl (C=O) groups excluding carboxylic acids is 1. The number of rotatable bonds is 4. The third-order valence-electron chi connectivity index (χ3n) is 2.79. The second kappa shape index (κ2) is 5.88. The van der Waals surface area contributed by atoms with Crippen LogP contribution in [0.25, 0.3) is 4.96 Å². The Morgan fingerprint density at radius 3 is 2.90 bits per heavy atom. The lowest BCUT2D eigenvalue weighted by Crippen LogP contribution is -2.23. The first-order valence-electron chi connectivity index (χ1n) is 6.34. The molecule has 1 aromatic carbocycles. The van der Waals surface area contributed by atoms with Gasteiger partial charge in [0.05, 0.1) is 6.54 Å². The van der Waals surface area contributed by atoms with Gasteiger partial charge in [0.25, 0.3) is 0 Å². The molecule has 0 radical (unpaired) electrons. The van der Waals surface area contributed by atoms with Crippen LogP contribution < -0.4 is 5.32 Å². The molecule has 0 saturated carbocycles. The van der Waals surface area contributed by atoms with Crippen LogP contribution in [0.4, 0.5) is 4.79 Å². The van der Waals surface area contributed by atoms with Crippen molar-refractivity contribution in [2.45, 2.75) is 20.1 Å². The lowest BCUT2D eigenvalue weighted by atomic mass is 10.2. The summed E-state index contributed by atoms with van der Waals surface area (Å²) in [6.45, 7) is 2.38. The molecule has 0 unspecified atom stereocenters. The van der Waals surface area contributed by atoms with Crippen LogP contribution in [0.2, 0.25) is 0 Å². The predicted molar refractivity (Wildman–Crippen MR) is 76.9 cm³/mol. The molecule has 0 spiro atoms. The van der Waals surface area contributed by atoms with Gasteiger partial charge in [0.2, 0.25) is 4.96 Å². The van der Waals surface area contributed by atoms with E-state index < -0.39 is 6.09 Å². The number of nitrogens with one attached hydrogen (secondary N) is 1. The highest BCUT2D eigenvalue weighted by atomic mass is 32.1. The normalized spacial score (nSPS) is 10.7. The molecule has 3 aromatic rings. The summed E-state index contributed by atoms with van der Waals surface area (Å²) in [5.41, 5.74) is 0.946. The maximum Gasteiger partial charge on any atom is 0.407 e. The zero-order valence-corrected chi connectivity index (χ0v) is 12.1. The van der Waals surface area contributed by atoms with E-state index in [9.17, 15) is 4.79 Å². The smallest absolute Gasteiger partial charge is 0.407 e. The Balaban J connectivity index is 1.51. The van der Waals surface area contributed by atoms with E-state index in [4.69, 9.17) is 4.74 Å². The summed E-state index contributed by atoms with van der Waals surface area (Å²) in [5.74, 6) is 0.721. The van der Waals surface area contributed by atoms with Gasteiger partial charge < -0.3 is 10.1 Å². The molecule has 1 N–H and O–H groups in total. The zero-order valence-electron chi connectivity index (χ0n) is 11.3. The van der Waals surface area contributed by atoms with E-state index in [2.05, 4.69) is 20.6 Å². The Morgan fingerprint density at radius 1 is 1.33 bits per heavy atom. The molecule has 108 valence electrons. The third-order valence-corrected chi connectivity index (χ3v) is 3.68. The van der Waals surface area contributed by atoms with Gasteiger partial charge in [-0.15, -0.1) is 10.2 Å². The molecule has 2 heterocycles. The van der Waals surface area contributed by atoms with E-state index in [1.54, 1.807) is 4.52 Å². The van der Waals surface area contributed by atoms with E-state index in [0.717, 1.165) is 16.4 Å². The highest BCUT2D eigenvalue weighted by Crippen LogP contribution is 2.13. The van der Waals surface area contributed by atoms with Crippen molar-refractivity contribution in [2.75, 3.05) is 0 Å². The Morgan fingerprint density at radius 2 is 2.14 bits per heavy atom. The number of alkyl carbamates (subject to hydrolysis) is 1. The Kier molecular flexibility index (Phi) is 3.78. The number of benzene rings is 1. The van der Waals surface area contributed by atoms with E-state index in [0.29, 0.717) is 11.5 Å². The number of aryl methyl sites for hydroxylation is 1. The number of amides is 1. The number of nitrogens with zero attached hydrogens (tertiary/aromatic N) is 4. The number of ether oxygens (including phenoxy) is 1. The first-order chi connectivity index (χ1) is 10.2. The van der Waals surface area contributed by atoms with Crippen molar-refractivity contribution in [2.24, 2.45) is 0 Å². The summed E-state index contributed by atoms with van der Waals surface area (Å²) in [7, 11) is 0. The molecular weight excluding hydrogens is 290 g/mol. The molecule has 0 atom stereocenters. The van der Waals surface area contributed by atoms with Crippen LogP contribution >= 0.6 is 11.3 Å². The van der Waals surface area contributed by atoms with Crippen LogP contribution in [0.3, 0.4) is 0 Å². The van der Waals surface area contributed by atoms with Gasteiger partial charge >= 0.3 is 6.09 Å². The van der Waals surface area contributed by atoms with E-state index in [1.165, 1.54) is 11.3 Å². The van der Waals surface area contributed by atoms with Crippen LogP contribution in [0.5, 0.6) is 0 Å². The van der Waals surface area contributed by atoms with Crippen molar-refractivity contribution in [3.63, 3.8) is 0 Å². The van der Waals surface area contributed by atoms with Gasteiger partial charge in [0.15, 0.2) is 5.82 Å². The topological polar surface area (TPSA) is 81.4 Å². The average molecular weight is 303 g/mol. The van der Waals surface area contributed by atoms with Crippen molar-refractivity contribution >= 4 is 22.4 Å². The maximum atomic E-state index is 11.6. The van der Waals surface area contributed by atoms with Gasteiger partial charge in [-0.05, 0) is 12.5 Å². The number of fused-ring (bicyclic) bond motifs is 1. The highest BCUT2D eigenvalue weighted by molar-refractivity contribution is 7.16. The van der Waals surface area contributed by atoms with Crippen LogP contribution in [-0.2, 0) is 17.9 Å². The molecule has 0 bridgehead atoms. The summed E-state index contributed by atoms with van der Waals surface area (Å²) < 4.78 is 6.77. The van der Waals surface area contributed by atoms with Gasteiger partial charge in [-0.3, -0.25) is 0 Å². The minimum atomic E-state index is -0.471. The highest BCUT2D eigenvalue weighted by Gasteiger charge is 2.10. The average Bonchev–Trinajstić information content (AvgIpc) is 3.06. The van der Waals surface area contributed by atoms with E-state index >= 15 is 0 Å². The Hall–Kier alpha value is -2.48. The first-order valence-corrected chi connectivity index (χ1v) is 7.16. The predicted octanol–water partition coefficient (Wildman–Crippen LogP) is 1.92. The quantitative estimate of drug-likeness (QED) is 0.796. The van der Waals surface area contributed by atoms with Gasteiger partial charge in [-0.25, -0.2) is 4.79 Å². The summed E-state index contributed by atoms with van der Waals surface area (Å²) in [6, 6.07) is 9.52. The third kappa shape index (κ3) is 3.16. The summed E-state index contributed by atoms with van der Waals surface area (Å²) in [4.78, 5) is 12.3. The molecule has 2 aromatic heterocycles. The van der Waals surface area contributed by atoms with Crippen molar-refractivity contribution < 1.29 is 9.53 Å². The molecule has 0 aliphatic heterocycles. The van der Waals surface area contributed by atoms with Crippen LogP contribution in [0, 0.1) is 6.92 Å². The second-order valence-corrected chi connectivity index (χ2v) is 5.39. The lowest BCUT2D eigenvalue weighted by molar-refractivity contribution is 0.139. The van der Waals surface area contributed by atoms with Crippen molar-refractivity contribution in [1.29, 1.82) is 0 Å². The van der Waals surface area contributed by atoms with Crippen molar-refractivity contribution in [1.82, 2.24) is 25.1 Å². The number of aromatic nitrogens is 4.